The number of halogens is 1. The summed E-state index contributed by atoms with van der Waals surface area (Å²) in [6.07, 6.45) is 2.39. The maximum Gasteiger partial charge on any atom is 0.201 e. The zero-order chi connectivity index (χ0) is 12.0. The molecule has 1 aromatic carbocycles. The summed E-state index contributed by atoms with van der Waals surface area (Å²) in [4.78, 5) is 4.39. The van der Waals surface area contributed by atoms with E-state index in [0.29, 0.717) is 18.1 Å². The first kappa shape index (κ1) is 11.0. The number of nitrogens with zero attached hydrogens (tertiary/aromatic N) is 2. The van der Waals surface area contributed by atoms with E-state index in [9.17, 15) is 0 Å². The molecule has 3 rings (SSSR count). The Balaban J connectivity index is 2.03. The molecule has 0 atom stereocenters. The van der Waals surface area contributed by atoms with Gasteiger partial charge in [0, 0.05) is 17.6 Å². The molecule has 17 heavy (non-hydrogen) atoms. The number of anilines is 1. The van der Waals surface area contributed by atoms with Crippen LogP contribution in [0.25, 0.3) is 11.0 Å². The van der Waals surface area contributed by atoms with E-state index in [4.69, 9.17) is 10.5 Å². The number of benzene rings is 1. The number of hydrogen-bond acceptors (Lipinski definition) is 3. The van der Waals surface area contributed by atoms with E-state index in [2.05, 4.69) is 31.5 Å². The average Bonchev–Trinajstić information content (AvgIpc) is 2.54. The van der Waals surface area contributed by atoms with Crippen molar-refractivity contribution in [3.63, 3.8) is 0 Å². The van der Waals surface area contributed by atoms with Crippen molar-refractivity contribution in [3.8, 4) is 0 Å². The summed E-state index contributed by atoms with van der Waals surface area (Å²) in [5, 5.41) is 0. The molecule has 0 saturated heterocycles. The number of nitrogen functional groups attached to an aromatic ring is 1. The molecule has 0 amide bonds. The van der Waals surface area contributed by atoms with Gasteiger partial charge in [-0.2, -0.15) is 0 Å². The van der Waals surface area contributed by atoms with Gasteiger partial charge in [0.05, 0.1) is 17.1 Å². The van der Waals surface area contributed by atoms with E-state index in [-0.39, 0.29) is 0 Å². The summed E-state index contributed by atoms with van der Waals surface area (Å²) in [6.45, 7) is 0. The van der Waals surface area contributed by atoms with Crippen LogP contribution in [0, 0.1) is 0 Å². The number of imidazole rings is 1. The molecule has 2 aromatic rings. The van der Waals surface area contributed by atoms with Gasteiger partial charge in [-0.3, -0.25) is 0 Å². The van der Waals surface area contributed by atoms with Crippen LogP contribution in [0.3, 0.4) is 0 Å². The van der Waals surface area contributed by atoms with Crippen LogP contribution in [-0.4, -0.2) is 22.8 Å². The van der Waals surface area contributed by atoms with Gasteiger partial charge >= 0.3 is 0 Å². The zero-order valence-electron chi connectivity index (χ0n) is 9.56. The van der Waals surface area contributed by atoms with E-state index in [1.165, 1.54) is 0 Å². The van der Waals surface area contributed by atoms with Crippen molar-refractivity contribution in [2.45, 2.75) is 25.0 Å². The lowest BCUT2D eigenvalue weighted by Gasteiger charge is -2.35. The Morgan fingerprint density at radius 3 is 2.94 bits per heavy atom. The van der Waals surface area contributed by atoms with Crippen molar-refractivity contribution < 1.29 is 4.74 Å². The lowest BCUT2D eigenvalue weighted by atomic mass is 9.89. The molecular formula is C12H14BrN3O. The average molecular weight is 296 g/mol. The maximum absolute atomic E-state index is 6.00. The summed E-state index contributed by atoms with van der Waals surface area (Å²) in [7, 11) is 1.76. The van der Waals surface area contributed by atoms with Gasteiger partial charge in [-0.05, 0) is 31.0 Å². The highest BCUT2D eigenvalue weighted by Gasteiger charge is 2.32. The van der Waals surface area contributed by atoms with Crippen LogP contribution in [0.15, 0.2) is 22.7 Å². The van der Waals surface area contributed by atoms with Crippen molar-refractivity contribution in [3.05, 3.63) is 22.7 Å². The Morgan fingerprint density at radius 2 is 2.24 bits per heavy atom. The number of aromatic nitrogens is 2. The molecule has 4 nitrogen and oxygen atoms in total. The summed E-state index contributed by atoms with van der Waals surface area (Å²) < 4.78 is 8.48. The summed E-state index contributed by atoms with van der Waals surface area (Å²) >= 11 is 3.48. The van der Waals surface area contributed by atoms with E-state index in [1.807, 2.05) is 12.1 Å². The molecule has 0 aliphatic heterocycles. The first-order chi connectivity index (χ1) is 8.19. The standard InChI is InChI=1S/C12H14BrN3O/c1-17-9-5-8(6-9)16-11-4-7(13)2-3-10(11)15-12(16)14/h2-4,8-9H,5-6H2,1H3,(H2,14,15). The van der Waals surface area contributed by atoms with Crippen molar-refractivity contribution >= 4 is 32.9 Å². The van der Waals surface area contributed by atoms with Gasteiger partial charge in [0.1, 0.15) is 0 Å². The molecule has 0 bridgehead atoms. The minimum Gasteiger partial charge on any atom is -0.381 e. The fraction of sp³-hybridized carbons (Fsp3) is 0.417. The summed E-state index contributed by atoms with van der Waals surface area (Å²) in [5.41, 5.74) is 8.04. The fourth-order valence-electron chi connectivity index (χ4n) is 2.41. The number of fused-ring (bicyclic) bond motifs is 1. The molecule has 1 aliphatic rings. The van der Waals surface area contributed by atoms with Crippen LogP contribution in [0.1, 0.15) is 18.9 Å². The van der Waals surface area contributed by atoms with Crippen LogP contribution < -0.4 is 5.73 Å². The monoisotopic (exact) mass is 295 g/mol. The Hall–Kier alpha value is -1.07. The SMILES string of the molecule is COC1CC(n2c(N)nc3ccc(Br)cc32)C1. The maximum atomic E-state index is 6.00. The van der Waals surface area contributed by atoms with Crippen molar-refractivity contribution in [1.29, 1.82) is 0 Å². The topological polar surface area (TPSA) is 53.1 Å². The van der Waals surface area contributed by atoms with E-state index in [1.54, 1.807) is 7.11 Å². The molecule has 90 valence electrons. The van der Waals surface area contributed by atoms with Gasteiger partial charge in [-0.1, -0.05) is 15.9 Å². The molecule has 1 heterocycles. The van der Waals surface area contributed by atoms with Crippen LogP contribution in [0.5, 0.6) is 0 Å². The van der Waals surface area contributed by atoms with E-state index in [0.717, 1.165) is 28.3 Å². The van der Waals surface area contributed by atoms with Gasteiger partial charge in [-0.15, -0.1) is 0 Å². The normalized spacial score (nSPS) is 23.9. The predicted octanol–water partition coefficient (Wildman–Crippen LogP) is 2.73. The number of hydrogen-bond donors (Lipinski definition) is 1. The lowest BCUT2D eigenvalue weighted by Crippen LogP contribution is -2.33. The first-order valence-corrected chi connectivity index (χ1v) is 6.44. The number of nitrogens with two attached hydrogens (primary N) is 1. The van der Waals surface area contributed by atoms with Gasteiger partial charge in [0.25, 0.3) is 0 Å². The quantitative estimate of drug-likeness (QED) is 0.927. The third kappa shape index (κ3) is 1.73. The third-order valence-corrected chi connectivity index (χ3v) is 3.94. The molecular weight excluding hydrogens is 282 g/mol. The minimum atomic E-state index is 0.365. The second kappa shape index (κ2) is 3.99. The molecule has 0 spiro atoms. The van der Waals surface area contributed by atoms with Gasteiger partial charge in [0.15, 0.2) is 0 Å². The smallest absolute Gasteiger partial charge is 0.201 e. The molecule has 1 saturated carbocycles. The van der Waals surface area contributed by atoms with E-state index >= 15 is 0 Å². The summed E-state index contributed by atoms with van der Waals surface area (Å²) in [5.74, 6) is 0.595. The second-order valence-electron chi connectivity index (χ2n) is 4.46. The Bertz CT molecular complexity index is 560. The van der Waals surface area contributed by atoms with Crippen LogP contribution in [0.2, 0.25) is 0 Å². The zero-order valence-corrected chi connectivity index (χ0v) is 11.1. The second-order valence-corrected chi connectivity index (χ2v) is 5.37. The minimum absolute atomic E-state index is 0.365. The number of methoxy groups -OCH3 is 1. The largest absolute Gasteiger partial charge is 0.381 e. The first-order valence-electron chi connectivity index (χ1n) is 5.65. The van der Waals surface area contributed by atoms with Crippen molar-refractivity contribution in [2.75, 3.05) is 12.8 Å². The predicted molar refractivity (Wildman–Crippen MR) is 70.9 cm³/mol. The van der Waals surface area contributed by atoms with Crippen LogP contribution in [-0.2, 0) is 4.74 Å². The van der Waals surface area contributed by atoms with Gasteiger partial charge in [0.2, 0.25) is 5.95 Å². The van der Waals surface area contributed by atoms with Gasteiger partial charge in [-0.25, -0.2) is 4.98 Å². The molecule has 2 N–H and O–H groups in total. The highest BCUT2D eigenvalue weighted by Crippen LogP contribution is 2.38. The Kier molecular flexibility index (Phi) is 2.60. The third-order valence-electron chi connectivity index (χ3n) is 3.45. The highest BCUT2D eigenvalue weighted by molar-refractivity contribution is 9.10. The lowest BCUT2D eigenvalue weighted by molar-refractivity contribution is 0.00798. The molecule has 0 radical (unpaired) electrons. The van der Waals surface area contributed by atoms with Crippen molar-refractivity contribution in [2.24, 2.45) is 0 Å². The molecule has 1 aromatic heterocycles. The van der Waals surface area contributed by atoms with Crippen LogP contribution >= 0.6 is 15.9 Å². The Morgan fingerprint density at radius 1 is 1.47 bits per heavy atom. The molecule has 0 unspecified atom stereocenters. The summed E-state index contributed by atoms with van der Waals surface area (Å²) in [6, 6.07) is 6.45. The number of rotatable bonds is 2. The van der Waals surface area contributed by atoms with Crippen LogP contribution in [0.4, 0.5) is 5.95 Å². The fourth-order valence-corrected chi connectivity index (χ4v) is 2.76. The van der Waals surface area contributed by atoms with Crippen molar-refractivity contribution in [1.82, 2.24) is 9.55 Å². The molecule has 1 fully saturated rings. The van der Waals surface area contributed by atoms with E-state index < -0.39 is 0 Å². The highest BCUT2D eigenvalue weighted by atomic mass is 79.9. The molecule has 5 heteroatoms. The Labute approximate surface area is 108 Å². The number of ether oxygens (including phenoxy) is 1. The molecule has 1 aliphatic carbocycles. The van der Waals surface area contributed by atoms with Gasteiger partial charge < -0.3 is 15.0 Å².